The number of nitrogens with one attached hydrogen (secondary N) is 2. The summed E-state index contributed by atoms with van der Waals surface area (Å²) in [6.07, 6.45) is 6.74. The number of hydrogen-bond acceptors (Lipinski definition) is 6. The first-order chi connectivity index (χ1) is 15.5. The van der Waals surface area contributed by atoms with Crippen LogP contribution in [0.2, 0.25) is 0 Å². The average Bonchev–Trinajstić information content (AvgIpc) is 3.22. The van der Waals surface area contributed by atoms with Crippen molar-refractivity contribution < 1.29 is 9.90 Å². The Morgan fingerprint density at radius 3 is 2.72 bits per heavy atom. The van der Waals surface area contributed by atoms with Gasteiger partial charge < -0.3 is 15.7 Å². The van der Waals surface area contributed by atoms with Crippen LogP contribution in [-0.4, -0.2) is 44.3 Å². The van der Waals surface area contributed by atoms with Gasteiger partial charge in [-0.25, -0.2) is 4.52 Å². The predicted molar refractivity (Wildman–Crippen MR) is 122 cm³/mol. The monoisotopic (exact) mass is 432 g/mol. The van der Waals surface area contributed by atoms with E-state index in [0.717, 1.165) is 42.6 Å². The van der Waals surface area contributed by atoms with Crippen molar-refractivity contribution in [3.05, 3.63) is 47.8 Å². The van der Waals surface area contributed by atoms with Gasteiger partial charge in [-0.15, -0.1) is 0 Å². The highest BCUT2D eigenvalue weighted by Gasteiger charge is 2.24. The van der Waals surface area contributed by atoms with Gasteiger partial charge >= 0.3 is 0 Å². The summed E-state index contributed by atoms with van der Waals surface area (Å²) in [6.45, 7) is 4.26. The number of pyridine rings is 1. The van der Waals surface area contributed by atoms with Crippen molar-refractivity contribution in [2.24, 2.45) is 5.92 Å². The standard InChI is InChI=1S/C24H28N6O2/c1-15(2)28-21-10-22(23-8-7-19-9-17(11-25)12-27-30(19)23)26-13-20(21)24(32)29-18-5-3-16(14-31)4-6-18/h7-10,12-13,15-16,18,31H,3-6,14H2,1-2H3,(H,26,28)(H,29,32). The molecule has 0 saturated heterocycles. The second-order valence-electron chi connectivity index (χ2n) is 8.70. The van der Waals surface area contributed by atoms with Crippen LogP contribution in [0.3, 0.4) is 0 Å². The van der Waals surface area contributed by atoms with Gasteiger partial charge in [0.2, 0.25) is 0 Å². The zero-order valence-electron chi connectivity index (χ0n) is 18.4. The largest absolute Gasteiger partial charge is 0.396 e. The zero-order valence-corrected chi connectivity index (χ0v) is 18.4. The fraction of sp³-hybridized carbons (Fsp3) is 0.417. The highest BCUT2D eigenvalue weighted by molar-refractivity contribution is 6.00. The number of amides is 1. The third-order valence-electron chi connectivity index (χ3n) is 5.92. The number of aromatic nitrogens is 3. The van der Waals surface area contributed by atoms with Gasteiger partial charge in [-0.05, 0) is 69.7 Å². The predicted octanol–water partition coefficient (Wildman–Crippen LogP) is 3.37. The average molecular weight is 433 g/mol. The number of aliphatic hydroxyl groups is 1. The van der Waals surface area contributed by atoms with E-state index in [2.05, 4.69) is 26.8 Å². The molecule has 32 heavy (non-hydrogen) atoms. The number of anilines is 1. The highest BCUT2D eigenvalue weighted by atomic mass is 16.3. The minimum absolute atomic E-state index is 0.116. The molecule has 8 heteroatoms. The fourth-order valence-corrected chi connectivity index (χ4v) is 4.21. The van der Waals surface area contributed by atoms with E-state index in [4.69, 9.17) is 5.26 Å². The van der Waals surface area contributed by atoms with Gasteiger partial charge in [-0.1, -0.05) is 0 Å². The van der Waals surface area contributed by atoms with Crippen LogP contribution < -0.4 is 10.6 Å². The van der Waals surface area contributed by atoms with Gasteiger partial charge in [0.05, 0.1) is 39.9 Å². The lowest BCUT2D eigenvalue weighted by Crippen LogP contribution is -2.38. The zero-order chi connectivity index (χ0) is 22.7. The molecular formula is C24H28N6O2. The Kier molecular flexibility index (Phi) is 6.37. The Hall–Kier alpha value is -3.44. The van der Waals surface area contributed by atoms with E-state index < -0.39 is 0 Å². The molecule has 1 fully saturated rings. The molecule has 0 radical (unpaired) electrons. The Bertz CT molecular complexity index is 1150. The number of carbonyl (C=O) groups excluding carboxylic acids is 1. The molecule has 4 rings (SSSR count). The summed E-state index contributed by atoms with van der Waals surface area (Å²) in [7, 11) is 0. The van der Waals surface area contributed by atoms with Crippen molar-refractivity contribution in [3.8, 4) is 17.5 Å². The molecule has 1 aliphatic rings. The van der Waals surface area contributed by atoms with Crippen LogP contribution in [0.25, 0.3) is 16.9 Å². The van der Waals surface area contributed by atoms with E-state index in [-0.39, 0.29) is 24.6 Å². The molecule has 3 aromatic rings. The molecule has 1 saturated carbocycles. The first-order valence-electron chi connectivity index (χ1n) is 11.0. The van der Waals surface area contributed by atoms with Gasteiger partial charge in [-0.2, -0.15) is 10.4 Å². The van der Waals surface area contributed by atoms with E-state index >= 15 is 0 Å². The smallest absolute Gasteiger partial charge is 0.255 e. The van der Waals surface area contributed by atoms with Crippen LogP contribution in [0.5, 0.6) is 0 Å². The number of fused-ring (bicyclic) bond motifs is 1. The Labute approximate surface area is 187 Å². The second kappa shape index (κ2) is 9.37. The molecule has 3 N–H and O–H groups in total. The maximum Gasteiger partial charge on any atom is 0.255 e. The van der Waals surface area contributed by atoms with Gasteiger partial charge in [0.25, 0.3) is 5.91 Å². The molecule has 8 nitrogen and oxygen atoms in total. The molecule has 0 aromatic carbocycles. The summed E-state index contributed by atoms with van der Waals surface area (Å²) in [5.74, 6) is 0.202. The fourth-order valence-electron chi connectivity index (χ4n) is 4.21. The number of rotatable bonds is 6. The third kappa shape index (κ3) is 4.58. The minimum Gasteiger partial charge on any atom is -0.396 e. The molecule has 166 valence electrons. The number of nitrogens with zero attached hydrogens (tertiary/aromatic N) is 4. The first-order valence-corrected chi connectivity index (χ1v) is 11.0. The molecule has 3 heterocycles. The van der Waals surface area contributed by atoms with E-state index in [1.807, 2.05) is 32.0 Å². The van der Waals surface area contributed by atoms with Crippen LogP contribution in [0.4, 0.5) is 5.69 Å². The van der Waals surface area contributed by atoms with E-state index in [1.54, 1.807) is 16.8 Å². The van der Waals surface area contributed by atoms with Crippen LogP contribution in [-0.2, 0) is 0 Å². The second-order valence-corrected chi connectivity index (χ2v) is 8.70. The molecule has 0 atom stereocenters. The van der Waals surface area contributed by atoms with E-state index in [9.17, 15) is 9.90 Å². The number of hydrogen-bond donors (Lipinski definition) is 3. The first kappa shape index (κ1) is 21.8. The minimum atomic E-state index is -0.142. The molecule has 3 aromatic heterocycles. The topological polar surface area (TPSA) is 115 Å². The van der Waals surface area contributed by atoms with Gasteiger partial charge in [0.15, 0.2) is 0 Å². The lowest BCUT2D eigenvalue weighted by molar-refractivity contribution is 0.0914. The van der Waals surface area contributed by atoms with E-state index in [1.165, 1.54) is 6.20 Å². The summed E-state index contributed by atoms with van der Waals surface area (Å²) in [4.78, 5) is 17.6. The van der Waals surface area contributed by atoms with Crippen molar-refractivity contribution in [2.45, 2.75) is 51.6 Å². The van der Waals surface area contributed by atoms with Crippen molar-refractivity contribution in [2.75, 3.05) is 11.9 Å². The summed E-state index contributed by atoms with van der Waals surface area (Å²) in [6, 6.07) is 9.80. The van der Waals surface area contributed by atoms with Crippen LogP contribution >= 0.6 is 0 Å². The van der Waals surface area contributed by atoms with Crippen LogP contribution in [0.15, 0.2) is 36.7 Å². The number of aliphatic hydroxyl groups excluding tert-OH is 1. The summed E-state index contributed by atoms with van der Waals surface area (Å²) in [5.41, 5.74) is 4.00. The SMILES string of the molecule is CC(C)Nc1cc(-c2ccc3cc(C#N)cnn23)ncc1C(=O)NC1CCC(CO)CC1. The number of carbonyl (C=O) groups is 1. The van der Waals surface area contributed by atoms with Crippen molar-refractivity contribution in [3.63, 3.8) is 0 Å². The Balaban J connectivity index is 1.61. The molecular weight excluding hydrogens is 404 g/mol. The maximum atomic E-state index is 13.1. The van der Waals surface area contributed by atoms with Crippen molar-refractivity contribution in [1.29, 1.82) is 5.26 Å². The molecule has 1 amide bonds. The quantitative estimate of drug-likeness (QED) is 0.550. The highest BCUT2D eigenvalue weighted by Crippen LogP contribution is 2.27. The van der Waals surface area contributed by atoms with Gasteiger partial charge in [-0.3, -0.25) is 9.78 Å². The maximum absolute atomic E-state index is 13.1. The van der Waals surface area contributed by atoms with Gasteiger partial charge in [0.1, 0.15) is 6.07 Å². The Morgan fingerprint density at radius 2 is 2.03 bits per heavy atom. The normalized spacial score (nSPS) is 18.5. The third-order valence-corrected chi connectivity index (χ3v) is 5.92. The Morgan fingerprint density at radius 1 is 1.25 bits per heavy atom. The van der Waals surface area contributed by atoms with Crippen LogP contribution in [0, 0.1) is 17.2 Å². The lowest BCUT2D eigenvalue weighted by atomic mass is 9.86. The lowest BCUT2D eigenvalue weighted by Gasteiger charge is -2.28. The van der Waals surface area contributed by atoms with Gasteiger partial charge in [0, 0.05) is 24.9 Å². The summed E-state index contributed by atoms with van der Waals surface area (Å²) < 4.78 is 1.74. The molecule has 0 unspecified atom stereocenters. The van der Waals surface area contributed by atoms with Crippen molar-refractivity contribution in [1.82, 2.24) is 19.9 Å². The molecule has 0 bridgehead atoms. The molecule has 0 aliphatic heterocycles. The summed E-state index contributed by atoms with van der Waals surface area (Å²) in [5, 5.41) is 29.3. The molecule has 1 aliphatic carbocycles. The molecule has 0 spiro atoms. The van der Waals surface area contributed by atoms with Crippen LogP contribution in [0.1, 0.15) is 55.5 Å². The van der Waals surface area contributed by atoms with Crippen molar-refractivity contribution >= 4 is 17.1 Å². The number of nitriles is 1. The van der Waals surface area contributed by atoms with E-state index in [0.29, 0.717) is 22.7 Å². The summed E-state index contributed by atoms with van der Waals surface area (Å²) >= 11 is 0.